The number of hydrogen-bond donors (Lipinski definition) is 2. The Bertz CT molecular complexity index is 1230. The molecule has 0 bridgehead atoms. The van der Waals surface area contributed by atoms with Crippen LogP contribution in [0.4, 0.5) is 0 Å². The minimum atomic E-state index is -0.231. The molecule has 1 amide bonds. The number of nitrogens with one attached hydrogen (secondary N) is 2. The van der Waals surface area contributed by atoms with Gasteiger partial charge in [-0.25, -0.2) is 0 Å². The van der Waals surface area contributed by atoms with Crippen molar-refractivity contribution in [2.24, 2.45) is 11.8 Å². The van der Waals surface area contributed by atoms with Gasteiger partial charge in [-0.05, 0) is 72.9 Å². The first-order chi connectivity index (χ1) is 14.9. The molecule has 0 aliphatic heterocycles. The largest absolute Gasteiger partial charge is 0.497 e. The monoisotopic (exact) mass is 437 g/mol. The Morgan fingerprint density at radius 1 is 1.16 bits per heavy atom. The minimum absolute atomic E-state index is 0.119. The molecule has 2 N–H and O–H groups in total. The van der Waals surface area contributed by atoms with Crippen LogP contribution in [-0.2, 0) is 0 Å². The molecular formula is C24H27N3O3S. The van der Waals surface area contributed by atoms with E-state index in [1.807, 2.05) is 0 Å². The first-order valence-corrected chi connectivity index (χ1v) is 11.0. The van der Waals surface area contributed by atoms with Crippen molar-refractivity contribution in [3.05, 3.63) is 63.2 Å². The fraction of sp³-hybridized carbons (Fsp3) is 0.375. The summed E-state index contributed by atoms with van der Waals surface area (Å²) in [5.41, 5.74) is 1.49. The first kappa shape index (κ1) is 21.3. The number of ether oxygens (including phenoxy) is 1. The topological polar surface area (TPSA) is 76.1 Å². The van der Waals surface area contributed by atoms with E-state index in [0.29, 0.717) is 39.7 Å². The molecule has 7 heteroatoms. The Kier molecular flexibility index (Phi) is 5.96. The number of aromatic nitrogens is 2. The van der Waals surface area contributed by atoms with Crippen molar-refractivity contribution in [1.82, 2.24) is 14.9 Å². The lowest BCUT2D eigenvalue weighted by atomic mass is 9.78. The number of hydrogen-bond acceptors (Lipinski definition) is 4. The highest BCUT2D eigenvalue weighted by atomic mass is 32.1. The zero-order valence-electron chi connectivity index (χ0n) is 18.0. The minimum Gasteiger partial charge on any atom is -0.497 e. The number of fused-ring (bicyclic) bond motifs is 1. The number of rotatable bonds is 4. The fourth-order valence-electron chi connectivity index (χ4n) is 4.36. The quantitative estimate of drug-likeness (QED) is 0.585. The summed E-state index contributed by atoms with van der Waals surface area (Å²) in [6.45, 7) is 4.45. The molecule has 2 aromatic carbocycles. The summed E-state index contributed by atoms with van der Waals surface area (Å²) in [6, 6.07) is 12.4. The Hall–Kier alpha value is -2.93. The number of nitrogens with zero attached hydrogens (tertiary/aromatic N) is 1. The normalized spacial score (nSPS) is 21.1. The van der Waals surface area contributed by atoms with Crippen LogP contribution in [0.3, 0.4) is 0 Å². The third kappa shape index (κ3) is 4.14. The van der Waals surface area contributed by atoms with Crippen LogP contribution >= 0.6 is 12.2 Å². The van der Waals surface area contributed by atoms with Crippen molar-refractivity contribution >= 4 is 29.0 Å². The molecule has 1 aliphatic carbocycles. The van der Waals surface area contributed by atoms with Gasteiger partial charge in [0.1, 0.15) is 5.75 Å². The molecule has 0 spiro atoms. The van der Waals surface area contributed by atoms with E-state index in [4.69, 9.17) is 17.0 Å². The first-order valence-electron chi connectivity index (χ1n) is 10.6. The number of aromatic amines is 1. The van der Waals surface area contributed by atoms with Crippen molar-refractivity contribution in [3.63, 3.8) is 0 Å². The van der Waals surface area contributed by atoms with Gasteiger partial charge in [0, 0.05) is 11.6 Å². The standard InChI is InChI=1S/C24H27N3O3S/c1-14-5-4-6-20(15(14)2)25-22(28)16-7-12-19-21(13-16)26-24(31)27(23(19)29)17-8-10-18(30-3)11-9-17/h7-15,20H,4-6H2,1-3H3,(H,25,28)(H,26,31)/t14-,15-,20+/m0/s1. The number of benzene rings is 2. The van der Waals surface area contributed by atoms with Crippen molar-refractivity contribution in [2.45, 2.75) is 39.2 Å². The summed E-state index contributed by atoms with van der Waals surface area (Å²) in [7, 11) is 1.59. The summed E-state index contributed by atoms with van der Waals surface area (Å²) in [6.07, 6.45) is 3.34. The zero-order valence-corrected chi connectivity index (χ0v) is 18.8. The van der Waals surface area contributed by atoms with Gasteiger partial charge < -0.3 is 15.0 Å². The van der Waals surface area contributed by atoms with E-state index >= 15 is 0 Å². The summed E-state index contributed by atoms with van der Waals surface area (Å²) >= 11 is 5.45. The average molecular weight is 438 g/mol. The highest BCUT2D eigenvalue weighted by Gasteiger charge is 2.28. The number of carbonyl (C=O) groups is 1. The molecule has 6 nitrogen and oxygen atoms in total. The van der Waals surface area contributed by atoms with E-state index in [1.54, 1.807) is 49.6 Å². The van der Waals surface area contributed by atoms with Crippen molar-refractivity contribution in [3.8, 4) is 11.4 Å². The summed E-state index contributed by atoms with van der Waals surface area (Å²) in [5, 5.41) is 3.66. The lowest BCUT2D eigenvalue weighted by Crippen LogP contribution is -2.43. The van der Waals surface area contributed by atoms with E-state index in [-0.39, 0.29) is 22.3 Å². The molecule has 3 atom stereocenters. The van der Waals surface area contributed by atoms with Gasteiger partial charge in [0.15, 0.2) is 4.77 Å². The molecule has 4 rings (SSSR count). The lowest BCUT2D eigenvalue weighted by Gasteiger charge is -2.34. The third-order valence-electron chi connectivity index (χ3n) is 6.51. The van der Waals surface area contributed by atoms with Crippen LogP contribution in [0.1, 0.15) is 43.5 Å². The maximum Gasteiger partial charge on any atom is 0.266 e. The summed E-state index contributed by atoms with van der Waals surface area (Å²) in [5.74, 6) is 1.63. The molecule has 162 valence electrons. The van der Waals surface area contributed by atoms with Gasteiger partial charge in [-0.15, -0.1) is 0 Å². The van der Waals surface area contributed by atoms with Crippen LogP contribution in [0.5, 0.6) is 5.75 Å². The number of carbonyl (C=O) groups excluding carboxylic acids is 1. The van der Waals surface area contributed by atoms with E-state index < -0.39 is 0 Å². The van der Waals surface area contributed by atoms with Crippen LogP contribution in [0, 0.1) is 16.6 Å². The predicted molar refractivity (Wildman–Crippen MR) is 125 cm³/mol. The Morgan fingerprint density at radius 3 is 2.61 bits per heavy atom. The second-order valence-electron chi connectivity index (χ2n) is 8.38. The SMILES string of the molecule is COc1ccc(-n2c(=S)[nH]c3cc(C(=O)N[C@@H]4CCC[C@H](C)[C@@H]4C)ccc3c2=O)cc1. The molecule has 1 aliphatic rings. The highest BCUT2D eigenvalue weighted by Crippen LogP contribution is 2.29. The number of methoxy groups -OCH3 is 1. The highest BCUT2D eigenvalue weighted by molar-refractivity contribution is 7.71. The second-order valence-corrected chi connectivity index (χ2v) is 8.76. The number of H-pyrrole nitrogens is 1. The van der Waals surface area contributed by atoms with Gasteiger partial charge in [0.2, 0.25) is 0 Å². The van der Waals surface area contributed by atoms with Crippen LogP contribution in [-0.4, -0.2) is 28.6 Å². The third-order valence-corrected chi connectivity index (χ3v) is 6.80. The molecular weight excluding hydrogens is 410 g/mol. The van der Waals surface area contributed by atoms with Gasteiger partial charge in [0.25, 0.3) is 11.5 Å². The lowest BCUT2D eigenvalue weighted by molar-refractivity contribution is 0.0891. The molecule has 1 heterocycles. The van der Waals surface area contributed by atoms with E-state index in [2.05, 4.69) is 24.1 Å². The second kappa shape index (κ2) is 8.67. The maximum atomic E-state index is 13.1. The van der Waals surface area contributed by atoms with Gasteiger partial charge in [-0.1, -0.05) is 26.7 Å². The van der Waals surface area contributed by atoms with Gasteiger partial charge in [-0.2, -0.15) is 0 Å². The van der Waals surface area contributed by atoms with Crippen molar-refractivity contribution < 1.29 is 9.53 Å². The predicted octanol–water partition coefficient (Wildman–Crippen LogP) is 4.61. The molecule has 1 saturated carbocycles. The van der Waals surface area contributed by atoms with Gasteiger partial charge >= 0.3 is 0 Å². The van der Waals surface area contributed by atoms with E-state index in [9.17, 15) is 9.59 Å². The molecule has 31 heavy (non-hydrogen) atoms. The summed E-state index contributed by atoms with van der Waals surface area (Å²) in [4.78, 5) is 29.1. The Labute approximate surface area is 186 Å². The molecule has 0 saturated heterocycles. The van der Waals surface area contributed by atoms with Crippen LogP contribution in [0.15, 0.2) is 47.3 Å². The van der Waals surface area contributed by atoms with Crippen LogP contribution < -0.4 is 15.6 Å². The average Bonchev–Trinajstić information content (AvgIpc) is 2.77. The maximum absolute atomic E-state index is 13.1. The summed E-state index contributed by atoms with van der Waals surface area (Å²) < 4.78 is 6.90. The van der Waals surface area contributed by atoms with Crippen LogP contribution in [0.25, 0.3) is 16.6 Å². The van der Waals surface area contributed by atoms with E-state index in [0.717, 1.165) is 12.8 Å². The molecule has 3 aromatic rings. The Morgan fingerprint density at radius 2 is 1.90 bits per heavy atom. The molecule has 0 unspecified atom stereocenters. The van der Waals surface area contributed by atoms with E-state index in [1.165, 1.54) is 11.0 Å². The molecule has 1 fully saturated rings. The van der Waals surface area contributed by atoms with Gasteiger partial charge in [-0.3, -0.25) is 14.2 Å². The smallest absolute Gasteiger partial charge is 0.266 e. The molecule has 0 radical (unpaired) electrons. The van der Waals surface area contributed by atoms with Crippen molar-refractivity contribution in [2.75, 3.05) is 7.11 Å². The van der Waals surface area contributed by atoms with Crippen LogP contribution in [0.2, 0.25) is 0 Å². The number of amides is 1. The zero-order chi connectivity index (χ0) is 22.1. The van der Waals surface area contributed by atoms with Crippen molar-refractivity contribution in [1.29, 1.82) is 0 Å². The fourth-order valence-corrected chi connectivity index (χ4v) is 4.66. The molecule has 1 aromatic heterocycles. The van der Waals surface area contributed by atoms with Gasteiger partial charge in [0.05, 0.1) is 23.7 Å². The Balaban J connectivity index is 1.66.